The third-order valence-electron chi connectivity index (χ3n) is 5.47. The molecule has 2 aliphatic heterocycles. The summed E-state index contributed by atoms with van der Waals surface area (Å²) in [4.78, 5) is 28.8. The monoisotopic (exact) mass is 336 g/mol. The van der Waals surface area contributed by atoms with Crippen molar-refractivity contribution in [1.82, 2.24) is 9.80 Å². The summed E-state index contributed by atoms with van der Waals surface area (Å²) in [6.45, 7) is 12.6. The zero-order valence-electron chi connectivity index (χ0n) is 16.1. The van der Waals surface area contributed by atoms with Crippen molar-refractivity contribution in [2.45, 2.75) is 66.2 Å². The lowest BCUT2D eigenvalue weighted by molar-refractivity contribution is -0.135. The van der Waals surface area contributed by atoms with Crippen LogP contribution < -0.4 is 0 Å². The third-order valence-corrected chi connectivity index (χ3v) is 5.47. The molecule has 2 amide bonds. The normalized spacial score (nSPS) is 31.2. The number of piperidine rings is 2. The van der Waals surface area contributed by atoms with Crippen LogP contribution in [0.2, 0.25) is 0 Å². The molecule has 0 saturated carbocycles. The zero-order chi connectivity index (χ0) is 17.7. The predicted octanol–water partition coefficient (Wildman–Crippen LogP) is 3.56. The Kier molecular flexibility index (Phi) is 7.12. The maximum absolute atomic E-state index is 12.4. The molecule has 24 heavy (non-hydrogen) atoms. The number of nitrogens with zero attached hydrogens (tertiary/aromatic N) is 2. The van der Waals surface area contributed by atoms with Crippen LogP contribution in [-0.2, 0) is 9.59 Å². The van der Waals surface area contributed by atoms with Gasteiger partial charge >= 0.3 is 0 Å². The number of hydrogen-bond donors (Lipinski definition) is 0. The molecule has 138 valence electrons. The Hall–Kier alpha value is -1.06. The Balaban J connectivity index is 1.65. The van der Waals surface area contributed by atoms with Gasteiger partial charge in [0.05, 0.1) is 0 Å². The molecule has 2 heterocycles. The molecule has 0 aromatic rings. The first-order valence-corrected chi connectivity index (χ1v) is 9.90. The molecule has 0 radical (unpaired) electrons. The molecule has 0 N–H and O–H groups in total. The van der Waals surface area contributed by atoms with E-state index in [9.17, 15) is 9.59 Å². The summed E-state index contributed by atoms with van der Waals surface area (Å²) in [5, 5.41) is 0. The largest absolute Gasteiger partial charge is 0.342 e. The number of rotatable bonds is 5. The molecule has 0 aromatic carbocycles. The van der Waals surface area contributed by atoms with Gasteiger partial charge in [0.2, 0.25) is 11.8 Å². The summed E-state index contributed by atoms with van der Waals surface area (Å²) in [5.74, 6) is 3.01. The maximum Gasteiger partial charge on any atom is 0.222 e. The highest BCUT2D eigenvalue weighted by atomic mass is 16.2. The molecule has 0 bridgehead atoms. The average molecular weight is 337 g/mol. The molecule has 4 unspecified atom stereocenters. The van der Waals surface area contributed by atoms with Crippen molar-refractivity contribution in [2.75, 3.05) is 26.2 Å². The third kappa shape index (κ3) is 5.78. The van der Waals surface area contributed by atoms with Crippen LogP contribution in [0.1, 0.15) is 66.2 Å². The maximum atomic E-state index is 12.4. The van der Waals surface area contributed by atoms with Crippen molar-refractivity contribution < 1.29 is 9.59 Å². The van der Waals surface area contributed by atoms with Crippen molar-refractivity contribution in [3.05, 3.63) is 0 Å². The van der Waals surface area contributed by atoms with Crippen LogP contribution >= 0.6 is 0 Å². The fourth-order valence-electron chi connectivity index (χ4n) is 4.60. The number of unbranched alkanes of at least 4 members (excludes halogenated alkanes) is 1. The molecule has 2 rings (SSSR count). The second kappa shape index (κ2) is 8.87. The zero-order valence-corrected chi connectivity index (χ0v) is 16.1. The Morgan fingerprint density at radius 1 is 0.667 bits per heavy atom. The lowest BCUT2D eigenvalue weighted by Crippen LogP contribution is -2.43. The van der Waals surface area contributed by atoms with E-state index in [0.717, 1.165) is 39.0 Å². The van der Waals surface area contributed by atoms with Crippen LogP contribution in [0, 0.1) is 23.7 Å². The molecule has 4 heteroatoms. The summed E-state index contributed by atoms with van der Waals surface area (Å²) < 4.78 is 0. The Morgan fingerprint density at radius 2 is 0.958 bits per heavy atom. The van der Waals surface area contributed by atoms with E-state index in [4.69, 9.17) is 0 Å². The van der Waals surface area contributed by atoms with E-state index >= 15 is 0 Å². The van der Waals surface area contributed by atoms with Gasteiger partial charge in [0.15, 0.2) is 0 Å². The molecule has 0 aliphatic carbocycles. The van der Waals surface area contributed by atoms with E-state index in [2.05, 4.69) is 27.7 Å². The molecule has 0 aromatic heterocycles. The first kappa shape index (κ1) is 19.3. The minimum absolute atomic E-state index is 0.279. The Labute approximate surface area is 148 Å². The van der Waals surface area contributed by atoms with Gasteiger partial charge in [0, 0.05) is 39.0 Å². The van der Waals surface area contributed by atoms with Crippen LogP contribution in [0.25, 0.3) is 0 Å². The van der Waals surface area contributed by atoms with Crippen molar-refractivity contribution in [3.63, 3.8) is 0 Å². The van der Waals surface area contributed by atoms with Gasteiger partial charge in [-0.05, 0) is 49.4 Å². The van der Waals surface area contributed by atoms with Crippen molar-refractivity contribution in [1.29, 1.82) is 0 Å². The average Bonchev–Trinajstić information content (AvgIpc) is 2.49. The molecule has 2 aliphatic rings. The van der Waals surface area contributed by atoms with Crippen LogP contribution in [-0.4, -0.2) is 47.8 Å². The summed E-state index contributed by atoms with van der Waals surface area (Å²) in [6.07, 6.45) is 5.32. The van der Waals surface area contributed by atoms with Gasteiger partial charge in [-0.2, -0.15) is 0 Å². The van der Waals surface area contributed by atoms with E-state index in [-0.39, 0.29) is 11.8 Å². The first-order valence-electron chi connectivity index (χ1n) is 9.90. The van der Waals surface area contributed by atoms with Crippen molar-refractivity contribution >= 4 is 11.8 Å². The second-order valence-electron chi connectivity index (χ2n) is 8.70. The standard InChI is InChI=1S/C20H36N2O2/c1-15-9-16(2)12-21(11-15)19(23)7-5-6-8-20(24)22-13-17(3)10-18(4)14-22/h15-18H,5-14H2,1-4H3. The smallest absolute Gasteiger partial charge is 0.222 e. The number of hydrogen-bond acceptors (Lipinski definition) is 2. The van der Waals surface area contributed by atoms with E-state index < -0.39 is 0 Å². The van der Waals surface area contributed by atoms with Gasteiger partial charge < -0.3 is 9.80 Å². The van der Waals surface area contributed by atoms with Crippen LogP contribution in [0.4, 0.5) is 0 Å². The summed E-state index contributed by atoms with van der Waals surface area (Å²) in [6, 6.07) is 0. The highest BCUT2D eigenvalue weighted by Gasteiger charge is 2.26. The van der Waals surface area contributed by atoms with E-state index in [1.165, 1.54) is 12.8 Å². The van der Waals surface area contributed by atoms with Crippen LogP contribution in [0.3, 0.4) is 0 Å². The number of carbonyl (C=O) groups is 2. The predicted molar refractivity (Wildman–Crippen MR) is 97.5 cm³/mol. The fourth-order valence-corrected chi connectivity index (χ4v) is 4.60. The highest BCUT2D eigenvalue weighted by molar-refractivity contribution is 5.77. The van der Waals surface area contributed by atoms with Crippen LogP contribution in [0.5, 0.6) is 0 Å². The first-order chi connectivity index (χ1) is 11.3. The molecular weight excluding hydrogens is 300 g/mol. The van der Waals surface area contributed by atoms with E-state index in [0.29, 0.717) is 36.5 Å². The van der Waals surface area contributed by atoms with Crippen molar-refractivity contribution in [3.8, 4) is 0 Å². The fraction of sp³-hybridized carbons (Fsp3) is 0.900. The number of carbonyl (C=O) groups excluding carboxylic acids is 2. The van der Waals surface area contributed by atoms with Crippen LogP contribution in [0.15, 0.2) is 0 Å². The lowest BCUT2D eigenvalue weighted by atomic mass is 9.91. The summed E-state index contributed by atoms with van der Waals surface area (Å²) in [5.41, 5.74) is 0. The van der Waals surface area contributed by atoms with Gasteiger partial charge in [0.1, 0.15) is 0 Å². The van der Waals surface area contributed by atoms with Gasteiger partial charge in [-0.3, -0.25) is 9.59 Å². The molecule has 4 nitrogen and oxygen atoms in total. The van der Waals surface area contributed by atoms with Gasteiger partial charge in [-0.1, -0.05) is 27.7 Å². The number of amides is 2. The molecule has 0 spiro atoms. The van der Waals surface area contributed by atoms with Gasteiger partial charge in [0.25, 0.3) is 0 Å². The molecule has 2 fully saturated rings. The molecule has 2 saturated heterocycles. The Morgan fingerprint density at radius 3 is 1.25 bits per heavy atom. The number of likely N-dealkylation sites (tertiary alicyclic amines) is 2. The molecular formula is C20H36N2O2. The topological polar surface area (TPSA) is 40.6 Å². The molecule has 4 atom stereocenters. The van der Waals surface area contributed by atoms with Gasteiger partial charge in [-0.25, -0.2) is 0 Å². The second-order valence-corrected chi connectivity index (χ2v) is 8.70. The van der Waals surface area contributed by atoms with E-state index in [1.807, 2.05) is 9.80 Å². The SMILES string of the molecule is CC1CC(C)CN(C(=O)CCCCC(=O)N2CC(C)CC(C)C2)C1. The Bertz CT molecular complexity index is 377. The quantitative estimate of drug-likeness (QED) is 0.720. The summed E-state index contributed by atoms with van der Waals surface area (Å²) in [7, 11) is 0. The van der Waals surface area contributed by atoms with E-state index in [1.54, 1.807) is 0 Å². The minimum Gasteiger partial charge on any atom is -0.342 e. The highest BCUT2D eigenvalue weighted by Crippen LogP contribution is 2.23. The lowest BCUT2D eigenvalue weighted by Gasteiger charge is -2.35. The minimum atomic E-state index is 0.279. The summed E-state index contributed by atoms with van der Waals surface area (Å²) >= 11 is 0. The van der Waals surface area contributed by atoms with Gasteiger partial charge in [-0.15, -0.1) is 0 Å². The van der Waals surface area contributed by atoms with Crippen molar-refractivity contribution in [2.24, 2.45) is 23.7 Å².